The average Bonchev–Trinajstić information content (AvgIpc) is 2.28. The van der Waals surface area contributed by atoms with Crippen LogP contribution >= 0.6 is 0 Å². The van der Waals surface area contributed by atoms with Gasteiger partial charge in [-0.25, -0.2) is 4.79 Å². The summed E-state index contributed by atoms with van der Waals surface area (Å²) in [5, 5.41) is 6.23. The van der Waals surface area contributed by atoms with Crippen LogP contribution in [-0.4, -0.2) is 30.8 Å². The lowest BCUT2D eigenvalue weighted by atomic mass is 9.93. The van der Waals surface area contributed by atoms with Gasteiger partial charge in [0, 0.05) is 15.4 Å². The van der Waals surface area contributed by atoms with Crippen molar-refractivity contribution in [3.63, 3.8) is 0 Å². The van der Waals surface area contributed by atoms with Gasteiger partial charge in [-0.15, -0.1) is 0 Å². The Morgan fingerprint density at radius 3 is 2.56 bits per heavy atom. The van der Waals surface area contributed by atoms with Crippen LogP contribution in [0, 0.1) is 5.92 Å². The highest BCUT2D eigenvalue weighted by Gasteiger charge is 2.22. The van der Waals surface area contributed by atoms with Crippen molar-refractivity contribution >= 4 is 6.09 Å². The number of hydrogen-bond acceptors (Lipinski definition) is 3. The van der Waals surface area contributed by atoms with Crippen LogP contribution in [0.3, 0.4) is 0 Å². The first-order valence-corrected chi connectivity index (χ1v) is 7.09. The number of nitrogens with one attached hydrogen (secondary N) is 2. The Kier molecular flexibility index (Phi) is 8.00. The van der Waals surface area contributed by atoms with Crippen LogP contribution in [0.2, 0.25) is 0 Å². The predicted octanol–water partition coefficient (Wildman–Crippen LogP) is 3.42. The first-order valence-electron chi connectivity index (χ1n) is 7.09. The van der Waals surface area contributed by atoms with E-state index in [0.717, 1.165) is 6.54 Å². The highest BCUT2D eigenvalue weighted by molar-refractivity contribution is 5.67. The Bertz CT molecular complexity index is 246. The van der Waals surface area contributed by atoms with Crippen LogP contribution in [0.15, 0.2) is 0 Å². The zero-order valence-electron chi connectivity index (χ0n) is 12.8. The molecule has 1 amide bonds. The Balaban J connectivity index is -0.000000689. The van der Waals surface area contributed by atoms with Gasteiger partial charge in [0.1, 0.15) is 5.60 Å². The summed E-state index contributed by atoms with van der Waals surface area (Å²) in [6.45, 7) is 13.5. The summed E-state index contributed by atoms with van der Waals surface area (Å²) in [6, 6.07) is 0.376. The van der Waals surface area contributed by atoms with E-state index in [-0.39, 0.29) is 8.95 Å². The molecular weight excluding hydrogens is 228 g/mol. The van der Waals surface area contributed by atoms with Crippen molar-refractivity contribution in [2.75, 3.05) is 13.1 Å². The van der Waals surface area contributed by atoms with E-state index in [1.807, 2.05) is 34.6 Å². The van der Waals surface area contributed by atoms with Gasteiger partial charge in [-0.2, -0.15) is 0 Å². The molecule has 0 spiro atoms. The van der Waals surface area contributed by atoms with Gasteiger partial charge >= 0.3 is 6.09 Å². The first kappa shape index (κ1) is 17.2. The molecule has 0 aliphatic carbocycles. The fourth-order valence-corrected chi connectivity index (χ4v) is 1.89. The Hall–Kier alpha value is -0.770. The van der Waals surface area contributed by atoms with Gasteiger partial charge in [0.15, 0.2) is 0 Å². The summed E-state index contributed by atoms with van der Waals surface area (Å²) in [6.07, 6.45) is 2.13. The topological polar surface area (TPSA) is 50.4 Å². The molecule has 1 aliphatic heterocycles. The molecule has 1 rings (SSSR count). The van der Waals surface area contributed by atoms with E-state index >= 15 is 0 Å². The number of rotatable bonds is 2. The number of carbonyl (C=O) groups is 1. The van der Waals surface area contributed by atoms with Crippen molar-refractivity contribution in [2.24, 2.45) is 5.92 Å². The molecule has 1 fully saturated rings. The Labute approximate surface area is 115 Å². The predicted molar refractivity (Wildman–Crippen MR) is 80.0 cm³/mol. The second-order valence-corrected chi connectivity index (χ2v) is 5.56. The summed E-state index contributed by atoms with van der Waals surface area (Å²) >= 11 is 0. The second kappa shape index (κ2) is 8.35. The highest BCUT2D eigenvalue weighted by atomic mass is 16.6. The van der Waals surface area contributed by atoms with Crippen LogP contribution < -0.4 is 10.6 Å². The van der Waals surface area contributed by atoms with E-state index < -0.39 is 5.60 Å². The summed E-state index contributed by atoms with van der Waals surface area (Å²) in [7, 11) is 0. The molecule has 2 N–H and O–H groups in total. The normalized spacial score (nSPS) is 23.7. The third-order valence-corrected chi connectivity index (χ3v) is 2.79. The zero-order valence-corrected chi connectivity index (χ0v) is 12.8. The van der Waals surface area contributed by atoms with Crippen molar-refractivity contribution in [1.29, 1.82) is 0 Å². The molecule has 1 aliphatic rings. The lowest BCUT2D eigenvalue weighted by Gasteiger charge is -2.30. The Morgan fingerprint density at radius 2 is 2.06 bits per heavy atom. The van der Waals surface area contributed by atoms with Crippen LogP contribution in [0.5, 0.6) is 0 Å². The number of alkyl carbamates (subject to hydrolysis) is 1. The summed E-state index contributed by atoms with van der Waals surface area (Å²) in [5.74, 6) is 0.615. The van der Waals surface area contributed by atoms with Crippen LogP contribution in [-0.2, 0) is 4.74 Å². The number of piperidine rings is 1. The van der Waals surface area contributed by atoms with Crippen LogP contribution in [0.1, 0.15) is 57.2 Å². The van der Waals surface area contributed by atoms with Gasteiger partial charge in [0.2, 0.25) is 0 Å². The molecule has 112 valence electrons. The molecule has 0 aromatic carbocycles. The van der Waals surface area contributed by atoms with Gasteiger partial charge in [-0.3, -0.25) is 0 Å². The molecule has 1 heterocycles. The first-order chi connectivity index (χ1) is 8.38. The maximum absolute atomic E-state index is 11.4. The van der Waals surface area contributed by atoms with Gasteiger partial charge in [-0.1, -0.05) is 20.8 Å². The third kappa shape index (κ3) is 7.54. The molecule has 0 unspecified atom stereocenters. The maximum atomic E-state index is 11.4. The van der Waals surface area contributed by atoms with E-state index in [1.165, 1.54) is 12.8 Å². The number of carbonyl (C=O) groups excluding carboxylic acids is 1. The molecule has 0 bridgehead atoms. The van der Waals surface area contributed by atoms with Crippen molar-refractivity contribution in [2.45, 2.75) is 66.0 Å². The van der Waals surface area contributed by atoms with Crippen molar-refractivity contribution in [3.8, 4) is 0 Å². The Morgan fingerprint density at radius 1 is 1.44 bits per heavy atom. The summed E-state index contributed by atoms with van der Waals surface area (Å²) in [4.78, 5) is 11.4. The summed E-state index contributed by atoms with van der Waals surface area (Å²) < 4.78 is 5.19. The molecule has 4 nitrogen and oxygen atoms in total. The molecule has 1 saturated heterocycles. The van der Waals surface area contributed by atoms with Crippen LogP contribution in [0.25, 0.3) is 0 Å². The lowest BCUT2D eigenvalue weighted by molar-refractivity contribution is 0.0516. The van der Waals surface area contributed by atoms with E-state index in [1.54, 1.807) is 0 Å². The van der Waals surface area contributed by atoms with Crippen molar-refractivity contribution < 1.29 is 12.4 Å². The quantitative estimate of drug-likeness (QED) is 0.801. The molecule has 18 heavy (non-hydrogen) atoms. The monoisotopic (exact) mass is 262 g/mol. The third-order valence-electron chi connectivity index (χ3n) is 2.79. The van der Waals surface area contributed by atoms with Crippen molar-refractivity contribution in [3.05, 3.63) is 0 Å². The fraction of sp³-hybridized carbons (Fsp3) is 0.929. The molecule has 0 aromatic heterocycles. The minimum absolute atomic E-state index is 0. The van der Waals surface area contributed by atoms with E-state index in [2.05, 4.69) is 17.6 Å². The SMILES string of the molecule is CC.C[C@H]1CCCN[C@@H]1CNC(=O)OC(C)(C)C.[HH].[HH]. The van der Waals surface area contributed by atoms with Gasteiger partial charge in [0.25, 0.3) is 0 Å². The van der Waals surface area contributed by atoms with E-state index in [4.69, 9.17) is 4.74 Å². The standard InChI is InChI=1S/C12H24N2O2.C2H6.2H2/c1-9-6-5-7-13-10(9)8-14-11(15)16-12(2,3)4;1-2;;/h9-10,13H,5-8H2,1-4H3,(H,14,15);1-2H3;2*1H/t9-,10+;;;/m0.../s1. The molecule has 0 saturated carbocycles. The minimum Gasteiger partial charge on any atom is -0.444 e. The number of amides is 1. The minimum atomic E-state index is -0.421. The van der Waals surface area contributed by atoms with Crippen LogP contribution in [0.4, 0.5) is 4.79 Å². The zero-order chi connectivity index (χ0) is 14.2. The number of ether oxygens (including phenoxy) is 1. The van der Waals surface area contributed by atoms with Gasteiger partial charge in [-0.05, 0) is 46.1 Å². The largest absolute Gasteiger partial charge is 0.444 e. The summed E-state index contributed by atoms with van der Waals surface area (Å²) in [5.41, 5.74) is -0.421. The van der Waals surface area contributed by atoms with Crippen molar-refractivity contribution in [1.82, 2.24) is 10.6 Å². The maximum Gasteiger partial charge on any atom is 0.407 e. The van der Waals surface area contributed by atoms with Gasteiger partial charge in [0.05, 0.1) is 0 Å². The molecule has 0 aromatic rings. The second-order valence-electron chi connectivity index (χ2n) is 5.56. The molecule has 4 heteroatoms. The molecule has 2 atom stereocenters. The fourth-order valence-electron chi connectivity index (χ4n) is 1.89. The highest BCUT2D eigenvalue weighted by Crippen LogP contribution is 2.15. The number of hydrogen-bond donors (Lipinski definition) is 2. The molecule has 0 radical (unpaired) electrons. The van der Waals surface area contributed by atoms with E-state index in [0.29, 0.717) is 18.5 Å². The van der Waals surface area contributed by atoms with E-state index in [9.17, 15) is 4.79 Å². The lowest BCUT2D eigenvalue weighted by Crippen LogP contribution is -2.48. The molecular formula is C14H34N2O2. The van der Waals surface area contributed by atoms with Gasteiger partial charge < -0.3 is 15.4 Å². The smallest absolute Gasteiger partial charge is 0.407 e. The average molecular weight is 262 g/mol.